The van der Waals surface area contributed by atoms with Crippen LogP contribution in [0.25, 0.3) is 0 Å². The number of nitrogens with one attached hydrogen (secondary N) is 2. The van der Waals surface area contributed by atoms with E-state index in [-0.39, 0.29) is 11.0 Å². The molecular formula is C3H3BN2O. The third kappa shape index (κ3) is 0.583. The van der Waals surface area contributed by atoms with Crippen LogP contribution in [0.1, 0.15) is 0 Å². The molecule has 0 saturated heterocycles. The Balaban J connectivity index is 3.39. The van der Waals surface area contributed by atoms with Gasteiger partial charge in [0.2, 0.25) is 0 Å². The summed E-state index contributed by atoms with van der Waals surface area (Å²) >= 11 is 0. The minimum atomic E-state index is -0.264. The maximum absolute atomic E-state index is 10.2. The summed E-state index contributed by atoms with van der Waals surface area (Å²) < 4.78 is 0. The highest BCUT2D eigenvalue weighted by Crippen LogP contribution is 1.49. The van der Waals surface area contributed by atoms with Gasteiger partial charge in [0.25, 0.3) is 5.56 Å². The maximum atomic E-state index is 10.2. The minimum absolute atomic E-state index is 0.222. The molecule has 1 rings (SSSR count). The van der Waals surface area contributed by atoms with Crippen molar-refractivity contribution in [3.63, 3.8) is 0 Å². The molecule has 0 aromatic carbocycles. The molecule has 0 atom stereocenters. The molecular weight excluding hydrogens is 90.9 g/mol. The third-order valence-corrected chi connectivity index (χ3v) is 0.676. The van der Waals surface area contributed by atoms with Crippen molar-refractivity contribution in [3.05, 3.63) is 16.6 Å². The van der Waals surface area contributed by atoms with Crippen LogP contribution in [0.4, 0.5) is 0 Å². The van der Waals surface area contributed by atoms with Crippen molar-refractivity contribution in [2.24, 2.45) is 0 Å². The van der Waals surface area contributed by atoms with Gasteiger partial charge in [-0.05, 0) is 5.46 Å². The van der Waals surface area contributed by atoms with Gasteiger partial charge in [0.1, 0.15) is 7.85 Å². The van der Waals surface area contributed by atoms with E-state index in [0.717, 1.165) is 0 Å². The Morgan fingerprint density at radius 1 is 1.71 bits per heavy atom. The molecule has 0 fully saturated rings. The number of aromatic amines is 2. The zero-order chi connectivity index (χ0) is 5.28. The average molecular weight is 93.9 g/mol. The first kappa shape index (κ1) is 4.24. The van der Waals surface area contributed by atoms with E-state index in [9.17, 15) is 4.79 Å². The summed E-state index contributed by atoms with van der Waals surface area (Å²) in [6, 6.07) is 0. The molecule has 7 heavy (non-hydrogen) atoms. The van der Waals surface area contributed by atoms with Crippen molar-refractivity contribution in [3.8, 4) is 0 Å². The number of aromatic nitrogens is 2. The highest BCUT2D eigenvalue weighted by molar-refractivity contribution is 6.31. The molecule has 0 unspecified atom stereocenters. The first-order valence-electron chi connectivity index (χ1n) is 1.82. The van der Waals surface area contributed by atoms with Gasteiger partial charge in [-0.15, -0.1) is 0 Å². The molecule has 0 aliphatic heterocycles. The molecule has 0 spiro atoms. The van der Waals surface area contributed by atoms with Crippen LogP contribution in [0.15, 0.2) is 11.0 Å². The minimum Gasteiger partial charge on any atom is -0.306 e. The highest BCUT2D eigenvalue weighted by atomic mass is 16.1. The summed E-state index contributed by atoms with van der Waals surface area (Å²) in [6.45, 7) is 0. The lowest BCUT2D eigenvalue weighted by molar-refractivity contribution is 1.06. The predicted octanol–water partition coefficient (Wildman–Crippen LogP) is -1.50. The van der Waals surface area contributed by atoms with E-state index in [1.807, 2.05) is 0 Å². The van der Waals surface area contributed by atoms with Gasteiger partial charge in [-0.25, -0.2) is 0 Å². The zero-order valence-electron chi connectivity index (χ0n) is 3.56. The first-order chi connectivity index (χ1) is 3.30. The molecule has 1 heterocycles. The van der Waals surface area contributed by atoms with Gasteiger partial charge in [-0.1, -0.05) is 0 Å². The number of hydrogen-bond donors (Lipinski definition) is 2. The molecule has 0 amide bonds. The second-order valence-corrected chi connectivity index (χ2v) is 1.20. The van der Waals surface area contributed by atoms with Crippen molar-refractivity contribution in [1.29, 1.82) is 0 Å². The Hall–Kier alpha value is -0.925. The van der Waals surface area contributed by atoms with Gasteiger partial charge < -0.3 is 5.10 Å². The maximum Gasteiger partial charge on any atom is 0.256 e. The van der Waals surface area contributed by atoms with Crippen LogP contribution in [-0.4, -0.2) is 18.0 Å². The molecule has 0 aliphatic carbocycles. The Morgan fingerprint density at radius 3 is 2.57 bits per heavy atom. The molecule has 4 heteroatoms. The topological polar surface area (TPSA) is 48.6 Å². The predicted molar refractivity (Wildman–Crippen MR) is 26.8 cm³/mol. The van der Waals surface area contributed by atoms with Crippen LogP contribution in [-0.2, 0) is 0 Å². The lowest BCUT2D eigenvalue weighted by Gasteiger charge is -1.63. The van der Waals surface area contributed by atoms with E-state index >= 15 is 0 Å². The summed E-state index contributed by atoms with van der Waals surface area (Å²) in [5, 5.41) is 4.70. The van der Waals surface area contributed by atoms with Crippen molar-refractivity contribution in [2.75, 3.05) is 0 Å². The zero-order valence-corrected chi connectivity index (χ0v) is 3.56. The Kier molecular flexibility index (Phi) is 0.783. The van der Waals surface area contributed by atoms with Crippen molar-refractivity contribution in [1.82, 2.24) is 10.2 Å². The van der Waals surface area contributed by atoms with Crippen molar-refractivity contribution < 1.29 is 0 Å². The summed E-state index contributed by atoms with van der Waals surface area (Å²) in [4.78, 5) is 10.2. The van der Waals surface area contributed by atoms with Crippen LogP contribution < -0.4 is 11.0 Å². The van der Waals surface area contributed by atoms with Gasteiger partial charge in [0.15, 0.2) is 0 Å². The fraction of sp³-hybridized carbons (Fsp3) is 0. The van der Waals surface area contributed by atoms with Gasteiger partial charge in [-0.2, -0.15) is 0 Å². The molecule has 0 saturated carbocycles. The Morgan fingerprint density at radius 2 is 2.43 bits per heavy atom. The van der Waals surface area contributed by atoms with Gasteiger partial charge >= 0.3 is 0 Å². The van der Waals surface area contributed by atoms with Crippen LogP contribution in [0.5, 0.6) is 0 Å². The second kappa shape index (κ2) is 1.29. The summed E-state index contributed by atoms with van der Waals surface area (Å²) in [5.74, 6) is 0. The number of hydrogen-bond acceptors (Lipinski definition) is 1. The second-order valence-electron chi connectivity index (χ2n) is 1.20. The van der Waals surface area contributed by atoms with Crippen molar-refractivity contribution >= 4 is 13.3 Å². The van der Waals surface area contributed by atoms with Crippen molar-refractivity contribution in [2.45, 2.75) is 0 Å². The molecule has 1 aromatic rings. The van der Waals surface area contributed by atoms with E-state index in [0.29, 0.717) is 0 Å². The standard InChI is InChI=1S/C3H3BN2O/c4-2-1-5-6-3(2)7/h1H,(H2,5,6,7). The molecule has 3 nitrogen and oxygen atoms in total. The van der Waals surface area contributed by atoms with Crippen LogP contribution in [0, 0.1) is 0 Å². The average Bonchev–Trinajstić information content (AvgIpc) is 1.91. The van der Waals surface area contributed by atoms with Crippen LogP contribution in [0.2, 0.25) is 0 Å². The van der Waals surface area contributed by atoms with E-state index in [1.54, 1.807) is 0 Å². The van der Waals surface area contributed by atoms with E-state index < -0.39 is 0 Å². The highest BCUT2D eigenvalue weighted by Gasteiger charge is 1.85. The molecule has 1 aromatic heterocycles. The molecule has 2 N–H and O–H groups in total. The van der Waals surface area contributed by atoms with Crippen LogP contribution >= 0.6 is 0 Å². The first-order valence-corrected chi connectivity index (χ1v) is 1.82. The third-order valence-electron chi connectivity index (χ3n) is 0.676. The van der Waals surface area contributed by atoms with Crippen LogP contribution in [0.3, 0.4) is 0 Å². The molecule has 0 bridgehead atoms. The molecule has 34 valence electrons. The summed E-state index contributed by atoms with van der Waals surface area (Å²) in [7, 11) is 5.06. The SMILES string of the molecule is [B]c1c[nH][nH]c1=O. The summed E-state index contributed by atoms with van der Waals surface area (Å²) in [6.07, 6.45) is 1.41. The number of H-pyrrole nitrogens is 2. The fourth-order valence-electron chi connectivity index (χ4n) is 0.317. The number of rotatable bonds is 0. The fourth-order valence-corrected chi connectivity index (χ4v) is 0.317. The lowest BCUT2D eigenvalue weighted by Crippen LogP contribution is -2.20. The van der Waals surface area contributed by atoms with E-state index in [2.05, 4.69) is 10.2 Å². The molecule has 2 radical (unpaired) electrons. The van der Waals surface area contributed by atoms with Gasteiger partial charge in [0.05, 0.1) is 0 Å². The Labute approximate surface area is 41.1 Å². The lowest BCUT2D eigenvalue weighted by atomic mass is 10.0. The van der Waals surface area contributed by atoms with Gasteiger partial charge in [0, 0.05) is 6.20 Å². The largest absolute Gasteiger partial charge is 0.306 e. The quantitative estimate of drug-likeness (QED) is 0.377. The van der Waals surface area contributed by atoms with E-state index in [1.165, 1.54) is 6.20 Å². The smallest absolute Gasteiger partial charge is 0.256 e. The summed E-state index contributed by atoms with van der Waals surface area (Å²) in [5.41, 5.74) is -0.0417. The Bertz CT molecular complexity index is 201. The normalized spacial score (nSPS) is 9.14. The monoisotopic (exact) mass is 94.0 g/mol. The van der Waals surface area contributed by atoms with Gasteiger partial charge in [-0.3, -0.25) is 9.89 Å². The molecule has 0 aliphatic rings. The van der Waals surface area contributed by atoms with E-state index in [4.69, 9.17) is 7.85 Å².